The van der Waals surface area contributed by atoms with Gasteiger partial charge in [0.25, 0.3) is 0 Å². The minimum atomic E-state index is -1.75. The first-order valence-electron chi connectivity index (χ1n) is 21.2. The molecule has 2 aliphatic rings. The summed E-state index contributed by atoms with van der Waals surface area (Å²) in [6.45, 7) is 2.90. The van der Waals surface area contributed by atoms with E-state index in [1.54, 1.807) is 26.0 Å². The lowest BCUT2D eigenvalue weighted by atomic mass is 9.96. The number of nitrogens with one attached hydrogen (secondary N) is 7. The van der Waals surface area contributed by atoms with Gasteiger partial charge in [0, 0.05) is 30.9 Å². The van der Waals surface area contributed by atoms with Gasteiger partial charge < -0.3 is 75.2 Å². The first-order valence-corrected chi connectivity index (χ1v) is 23.7. The van der Waals surface area contributed by atoms with Crippen molar-refractivity contribution in [2.75, 3.05) is 31.1 Å². The van der Waals surface area contributed by atoms with E-state index in [0.717, 1.165) is 21.6 Å². The first-order chi connectivity index (χ1) is 31.2. The number of furan rings is 1. The highest BCUT2D eigenvalue weighted by atomic mass is 33.1. The summed E-state index contributed by atoms with van der Waals surface area (Å²) >= 11 is 0. The molecule has 66 heavy (non-hydrogen) atoms. The molecule has 0 aromatic carbocycles. The van der Waals surface area contributed by atoms with Gasteiger partial charge in [-0.1, -0.05) is 41.9 Å². The van der Waals surface area contributed by atoms with E-state index >= 15 is 0 Å². The Morgan fingerprint density at radius 1 is 0.848 bits per heavy atom. The second-order valence-electron chi connectivity index (χ2n) is 15.8. The number of nitrogens with two attached hydrogens (primary N) is 5. The second kappa shape index (κ2) is 26.9. The highest BCUT2D eigenvalue weighted by Gasteiger charge is 2.41. The Labute approximate surface area is 388 Å². The van der Waals surface area contributed by atoms with E-state index in [1.165, 1.54) is 11.2 Å². The van der Waals surface area contributed by atoms with Crippen LogP contribution in [0.5, 0.6) is 0 Å². The van der Waals surface area contributed by atoms with E-state index in [4.69, 9.17) is 33.1 Å². The fourth-order valence-corrected chi connectivity index (χ4v) is 9.12. The third-order valence-electron chi connectivity index (χ3n) is 10.6. The van der Waals surface area contributed by atoms with Crippen molar-refractivity contribution >= 4 is 86.6 Å². The number of likely N-dealkylation sites (tertiary alicyclic amines) is 1. The third-order valence-corrected chi connectivity index (χ3v) is 13.1. The van der Waals surface area contributed by atoms with Crippen molar-refractivity contribution in [2.45, 2.75) is 114 Å². The van der Waals surface area contributed by atoms with Crippen LogP contribution in [0.4, 0.5) is 0 Å². The van der Waals surface area contributed by atoms with Gasteiger partial charge in [0.2, 0.25) is 65.0 Å². The number of carbonyl (C=O) groups excluding carboxylic acids is 11. The van der Waals surface area contributed by atoms with Crippen molar-refractivity contribution in [3.63, 3.8) is 0 Å². The predicted molar refractivity (Wildman–Crippen MR) is 239 cm³/mol. The number of hydrogen-bond acceptors (Lipinski definition) is 16. The van der Waals surface area contributed by atoms with Gasteiger partial charge >= 0.3 is 0 Å². The standard InChI is InChI=1S/C39H61N13O12S2/c1-3-19(2)31-38(62)47-22(8-9-28(42)53)34(58)49-25(15-29(43)54)35(59)50-26(18-66-65-17-21(41)32(56)48-24(36(60)51-31)14-20-6-5-13-64-20)39(63)52-12-4-7-27(52)37(61)46-23(10-11-40)33(57)45-16-30(44)55/h5-6,13,19,21-27,31H,3-4,7-12,14-18,40-41H2,1-2H3,(H2,42,53)(H2,43,54)(H2,44,55)(H,45,57)(H,46,61)(H,47,62)(H,48,56)(H,49,58)(H,50,59)(H,51,60)/t19-,21-,22-,23-,24-,25-,26-,27-,31-/m0/s1. The largest absolute Gasteiger partial charge is 0.469 e. The van der Waals surface area contributed by atoms with Gasteiger partial charge in [-0.05, 0) is 50.3 Å². The lowest BCUT2D eigenvalue weighted by Gasteiger charge is -2.31. The highest BCUT2D eigenvalue weighted by Crippen LogP contribution is 2.26. The molecule has 0 unspecified atom stereocenters. The van der Waals surface area contributed by atoms with Crippen LogP contribution in [0.15, 0.2) is 22.8 Å². The van der Waals surface area contributed by atoms with Crippen LogP contribution in [0.1, 0.15) is 64.6 Å². The monoisotopic (exact) mass is 967 g/mol. The minimum absolute atomic E-state index is 0.0278. The lowest BCUT2D eigenvalue weighted by molar-refractivity contribution is -0.142. The minimum Gasteiger partial charge on any atom is -0.469 e. The Morgan fingerprint density at radius 3 is 2.12 bits per heavy atom. The molecule has 0 bridgehead atoms. The van der Waals surface area contributed by atoms with Crippen LogP contribution in [0.2, 0.25) is 0 Å². The second-order valence-corrected chi connectivity index (χ2v) is 18.3. The topological polar surface area (TPSA) is 418 Å². The molecule has 9 atom stereocenters. The van der Waals surface area contributed by atoms with Crippen molar-refractivity contribution in [3.05, 3.63) is 24.2 Å². The highest BCUT2D eigenvalue weighted by molar-refractivity contribution is 8.76. The zero-order valence-electron chi connectivity index (χ0n) is 36.7. The summed E-state index contributed by atoms with van der Waals surface area (Å²) in [5.74, 6) is -10.1. The fourth-order valence-electron chi connectivity index (χ4n) is 6.84. The van der Waals surface area contributed by atoms with Crippen LogP contribution < -0.4 is 65.9 Å². The van der Waals surface area contributed by atoms with Crippen molar-refractivity contribution in [2.24, 2.45) is 34.6 Å². The van der Waals surface area contributed by atoms with E-state index < -0.39 is 139 Å². The maximum atomic E-state index is 14.4. The predicted octanol–water partition coefficient (Wildman–Crippen LogP) is -5.42. The fraction of sp³-hybridized carbons (Fsp3) is 0.615. The van der Waals surface area contributed by atoms with Crippen LogP contribution in [0, 0.1) is 5.92 Å². The maximum Gasteiger partial charge on any atom is 0.246 e. The number of primary amides is 3. The van der Waals surface area contributed by atoms with Crippen molar-refractivity contribution in [1.82, 2.24) is 42.1 Å². The number of carbonyl (C=O) groups is 11. The molecule has 0 saturated carbocycles. The van der Waals surface area contributed by atoms with Gasteiger partial charge in [-0.3, -0.25) is 52.7 Å². The molecule has 17 N–H and O–H groups in total. The molecule has 3 heterocycles. The molecule has 0 aliphatic carbocycles. The molecule has 0 radical (unpaired) electrons. The zero-order valence-corrected chi connectivity index (χ0v) is 38.3. The molecule has 1 aromatic heterocycles. The van der Waals surface area contributed by atoms with E-state index in [0.29, 0.717) is 18.6 Å². The summed E-state index contributed by atoms with van der Waals surface area (Å²) in [4.78, 5) is 147. The Bertz CT molecular complexity index is 1930. The third kappa shape index (κ3) is 17.1. The molecule has 366 valence electrons. The van der Waals surface area contributed by atoms with Crippen molar-refractivity contribution in [3.8, 4) is 0 Å². The summed E-state index contributed by atoms with van der Waals surface area (Å²) in [7, 11) is 2.04. The lowest BCUT2D eigenvalue weighted by Crippen LogP contribution is -2.61. The van der Waals surface area contributed by atoms with E-state index in [9.17, 15) is 52.7 Å². The van der Waals surface area contributed by atoms with E-state index in [2.05, 4.69) is 37.2 Å². The summed E-state index contributed by atoms with van der Waals surface area (Å²) in [5.41, 5.74) is 27.9. The summed E-state index contributed by atoms with van der Waals surface area (Å²) in [5, 5.41) is 17.6. The Morgan fingerprint density at radius 2 is 1.50 bits per heavy atom. The van der Waals surface area contributed by atoms with Crippen molar-refractivity contribution < 1.29 is 57.2 Å². The molecule has 2 saturated heterocycles. The molecular weight excluding hydrogens is 907 g/mol. The Hall–Kier alpha value is -5.93. The first kappa shape index (κ1) is 54.4. The number of rotatable bonds is 17. The van der Waals surface area contributed by atoms with Crippen LogP contribution in [0.25, 0.3) is 0 Å². The molecule has 0 spiro atoms. The number of amides is 11. The van der Waals surface area contributed by atoms with Crippen molar-refractivity contribution in [1.29, 1.82) is 0 Å². The van der Waals surface area contributed by atoms with Gasteiger partial charge in [0.05, 0.1) is 25.3 Å². The summed E-state index contributed by atoms with van der Waals surface area (Å²) in [6.07, 6.45) is 0.422. The van der Waals surface area contributed by atoms with Crippen LogP contribution >= 0.6 is 21.6 Å². The molecular formula is C39H61N13O12S2. The smallest absolute Gasteiger partial charge is 0.246 e. The molecule has 25 nitrogen and oxygen atoms in total. The zero-order chi connectivity index (χ0) is 49.1. The summed E-state index contributed by atoms with van der Waals surface area (Å²) in [6, 6.07) is -7.82. The molecule has 3 rings (SSSR count). The normalized spacial score (nSPS) is 24.8. The average molecular weight is 968 g/mol. The van der Waals surface area contributed by atoms with E-state index in [1.807, 2.05) is 0 Å². The SMILES string of the molecule is CC[C@H](C)[C@@H]1NC(=O)[C@H](Cc2ccco2)NC(=O)[C@@H](N)CSSC[C@@H](C(=O)N2CCC[C@H]2C(=O)N[C@@H](CCN)C(=O)NCC(N)=O)NC(=O)[C@H](CC(N)=O)NC(=O)[C@H](CCC(N)=O)NC1=O. The summed E-state index contributed by atoms with van der Waals surface area (Å²) < 4.78 is 5.42. The molecule has 27 heteroatoms. The average Bonchev–Trinajstić information content (AvgIpc) is 3.98. The molecule has 11 amide bonds. The Kier molecular flexibility index (Phi) is 22.2. The van der Waals surface area contributed by atoms with Crippen LogP contribution in [-0.4, -0.2) is 149 Å². The van der Waals surface area contributed by atoms with Gasteiger partial charge in [-0.25, -0.2) is 0 Å². The van der Waals surface area contributed by atoms with E-state index in [-0.39, 0.29) is 50.3 Å². The van der Waals surface area contributed by atoms with Crippen LogP contribution in [-0.2, 0) is 59.2 Å². The quantitative estimate of drug-likeness (QED) is 0.0649. The van der Waals surface area contributed by atoms with Gasteiger partial charge in [-0.15, -0.1) is 0 Å². The molecule has 2 aliphatic heterocycles. The number of hydrogen-bond donors (Lipinski definition) is 12. The Balaban J connectivity index is 2.03. The maximum absolute atomic E-state index is 14.4. The molecule has 2 fully saturated rings. The van der Waals surface area contributed by atoms with Gasteiger partial charge in [0.15, 0.2) is 0 Å². The van der Waals surface area contributed by atoms with Gasteiger partial charge in [0.1, 0.15) is 48.1 Å². The van der Waals surface area contributed by atoms with Gasteiger partial charge in [-0.2, -0.15) is 0 Å². The molecule has 1 aromatic rings. The number of nitrogens with zero attached hydrogens (tertiary/aromatic N) is 1. The van der Waals surface area contributed by atoms with Crippen LogP contribution in [0.3, 0.4) is 0 Å².